The van der Waals surface area contributed by atoms with Crippen LogP contribution in [-0.4, -0.2) is 0 Å². The first-order valence-electron chi connectivity index (χ1n) is 19.6. The summed E-state index contributed by atoms with van der Waals surface area (Å²) in [5.74, 6) is 0. The smallest absolute Gasteiger partial charge is 0.143 e. The van der Waals surface area contributed by atoms with Crippen LogP contribution in [0.15, 0.2) is 186 Å². The molecule has 10 aromatic carbocycles. The number of fused-ring (bicyclic) bond motifs is 11. The second-order valence-corrected chi connectivity index (χ2v) is 16.0. The third kappa shape index (κ3) is 4.37. The fourth-order valence-electron chi connectivity index (χ4n) is 10.0. The highest BCUT2D eigenvalue weighted by atomic mass is 16.3. The van der Waals surface area contributed by atoms with Crippen LogP contribution in [0, 0.1) is 0 Å². The summed E-state index contributed by atoms with van der Waals surface area (Å²) in [6, 6.07) is 67.1. The van der Waals surface area contributed by atoms with Crippen molar-refractivity contribution in [3.05, 3.63) is 193 Å². The summed E-state index contributed by atoms with van der Waals surface area (Å²) in [7, 11) is 0. The minimum atomic E-state index is -0.220. The molecule has 1 aliphatic rings. The van der Waals surface area contributed by atoms with E-state index in [4.69, 9.17) is 4.42 Å². The second-order valence-electron chi connectivity index (χ2n) is 16.0. The Morgan fingerprint density at radius 3 is 1.64 bits per heavy atom. The molecular formula is C55H36O. The molecule has 0 unspecified atom stereocenters. The highest BCUT2D eigenvalue weighted by molar-refractivity contribution is 6.26. The van der Waals surface area contributed by atoms with E-state index in [9.17, 15) is 0 Å². The fourth-order valence-corrected chi connectivity index (χ4v) is 10.0. The molecule has 0 amide bonds. The van der Waals surface area contributed by atoms with Crippen LogP contribution in [0.5, 0.6) is 0 Å². The van der Waals surface area contributed by atoms with Gasteiger partial charge in [-0.2, -0.15) is 0 Å². The molecule has 0 radical (unpaired) electrons. The lowest BCUT2D eigenvalue weighted by molar-refractivity contribution is 0.658. The molecule has 1 nitrogen and oxygen atoms in total. The molecule has 11 aromatic rings. The standard InChI is InChI=1S/C55H36O/c1-55(2)48-31-37-17-6-5-16-36(37)30-45(48)46-32-47(54-52(53(46)55)44-24-11-12-25-49(44)56-54)51-42-22-9-7-20-40(42)50(41-21-8-10-23-43(41)51)39-19-13-18-35(29-39)38-27-26-33-14-3-4-15-34(33)28-38/h3-32H,1-2H3. The first-order valence-corrected chi connectivity index (χ1v) is 19.6. The van der Waals surface area contributed by atoms with Gasteiger partial charge in [0.05, 0.1) is 0 Å². The summed E-state index contributed by atoms with van der Waals surface area (Å²) in [6.45, 7) is 4.78. The van der Waals surface area contributed by atoms with Crippen LogP contribution in [0.25, 0.3) is 110 Å². The van der Waals surface area contributed by atoms with Crippen molar-refractivity contribution in [1.82, 2.24) is 0 Å². The summed E-state index contributed by atoms with van der Waals surface area (Å²) in [6.07, 6.45) is 0. The van der Waals surface area contributed by atoms with Gasteiger partial charge in [-0.3, -0.25) is 0 Å². The minimum absolute atomic E-state index is 0.220. The average Bonchev–Trinajstić information content (AvgIpc) is 3.73. The van der Waals surface area contributed by atoms with Crippen LogP contribution < -0.4 is 0 Å². The highest BCUT2D eigenvalue weighted by Gasteiger charge is 2.40. The van der Waals surface area contributed by atoms with Crippen LogP contribution in [0.3, 0.4) is 0 Å². The predicted molar refractivity (Wildman–Crippen MR) is 238 cm³/mol. The van der Waals surface area contributed by atoms with Crippen LogP contribution in [0.2, 0.25) is 0 Å². The summed E-state index contributed by atoms with van der Waals surface area (Å²) in [5.41, 5.74) is 14.2. The third-order valence-corrected chi connectivity index (χ3v) is 12.6. The molecule has 0 saturated heterocycles. The van der Waals surface area contributed by atoms with E-state index in [-0.39, 0.29) is 5.41 Å². The maximum atomic E-state index is 7.04. The zero-order valence-corrected chi connectivity index (χ0v) is 31.2. The number of furan rings is 1. The van der Waals surface area contributed by atoms with Crippen molar-refractivity contribution >= 4 is 65.0 Å². The zero-order valence-electron chi connectivity index (χ0n) is 31.2. The summed E-state index contributed by atoms with van der Waals surface area (Å²) < 4.78 is 7.04. The molecule has 262 valence electrons. The highest BCUT2D eigenvalue weighted by Crippen LogP contribution is 2.57. The molecule has 0 bridgehead atoms. The largest absolute Gasteiger partial charge is 0.455 e. The molecule has 12 rings (SSSR count). The lowest BCUT2D eigenvalue weighted by Crippen LogP contribution is -2.15. The molecule has 0 saturated carbocycles. The van der Waals surface area contributed by atoms with E-state index in [1.54, 1.807) is 0 Å². The molecular weight excluding hydrogens is 677 g/mol. The Balaban J connectivity index is 1.17. The van der Waals surface area contributed by atoms with Gasteiger partial charge < -0.3 is 4.42 Å². The Kier molecular flexibility index (Phi) is 6.46. The molecule has 1 aromatic heterocycles. The molecule has 1 heterocycles. The molecule has 1 heteroatoms. The van der Waals surface area contributed by atoms with Crippen molar-refractivity contribution in [2.75, 3.05) is 0 Å². The van der Waals surface area contributed by atoms with E-state index < -0.39 is 0 Å². The minimum Gasteiger partial charge on any atom is -0.455 e. The molecule has 56 heavy (non-hydrogen) atoms. The van der Waals surface area contributed by atoms with Crippen molar-refractivity contribution in [3.63, 3.8) is 0 Å². The van der Waals surface area contributed by atoms with Gasteiger partial charge in [0.15, 0.2) is 0 Å². The SMILES string of the molecule is CC1(C)c2cc3ccccc3cc2-c2cc(-c3c4ccccc4c(-c4cccc(-c5ccc6ccccc6c5)c4)c4ccccc34)c3oc4ccccc4c3c21. The van der Waals surface area contributed by atoms with Gasteiger partial charge in [-0.15, -0.1) is 0 Å². The Bertz CT molecular complexity index is 3390. The monoisotopic (exact) mass is 712 g/mol. The van der Waals surface area contributed by atoms with E-state index >= 15 is 0 Å². The van der Waals surface area contributed by atoms with Gasteiger partial charge >= 0.3 is 0 Å². The maximum Gasteiger partial charge on any atom is 0.143 e. The van der Waals surface area contributed by atoms with E-state index in [2.05, 4.69) is 196 Å². The summed E-state index contributed by atoms with van der Waals surface area (Å²) in [4.78, 5) is 0. The van der Waals surface area contributed by atoms with Gasteiger partial charge in [-0.1, -0.05) is 159 Å². The quantitative estimate of drug-likeness (QED) is 0.166. The van der Waals surface area contributed by atoms with Crippen molar-refractivity contribution < 1.29 is 4.42 Å². The van der Waals surface area contributed by atoms with E-state index in [1.807, 2.05) is 0 Å². The second kappa shape index (κ2) is 11.5. The van der Waals surface area contributed by atoms with E-state index in [1.165, 1.54) is 104 Å². The molecule has 0 spiro atoms. The van der Waals surface area contributed by atoms with Gasteiger partial charge in [-0.25, -0.2) is 0 Å². The Morgan fingerprint density at radius 1 is 0.375 bits per heavy atom. The van der Waals surface area contributed by atoms with Gasteiger partial charge in [-0.05, 0) is 124 Å². The van der Waals surface area contributed by atoms with E-state index in [0.717, 1.165) is 16.7 Å². The normalized spacial score (nSPS) is 13.3. The van der Waals surface area contributed by atoms with Crippen molar-refractivity contribution in [1.29, 1.82) is 0 Å². The third-order valence-electron chi connectivity index (χ3n) is 12.6. The average molecular weight is 713 g/mol. The number of hydrogen-bond donors (Lipinski definition) is 0. The van der Waals surface area contributed by atoms with Gasteiger partial charge in [0.25, 0.3) is 0 Å². The van der Waals surface area contributed by atoms with Crippen LogP contribution >= 0.6 is 0 Å². The fraction of sp³-hybridized carbons (Fsp3) is 0.0545. The first-order chi connectivity index (χ1) is 27.5. The number of hydrogen-bond acceptors (Lipinski definition) is 1. The molecule has 1 aliphatic carbocycles. The lowest BCUT2D eigenvalue weighted by atomic mass is 9.79. The zero-order chi connectivity index (χ0) is 37.1. The molecule has 0 atom stereocenters. The van der Waals surface area contributed by atoms with Crippen molar-refractivity contribution in [2.45, 2.75) is 19.3 Å². The topological polar surface area (TPSA) is 13.1 Å². The van der Waals surface area contributed by atoms with Gasteiger partial charge in [0, 0.05) is 27.3 Å². The number of benzene rings is 10. The number of rotatable bonds is 3. The maximum absolute atomic E-state index is 7.04. The first kappa shape index (κ1) is 31.4. The van der Waals surface area contributed by atoms with Gasteiger partial charge in [0.1, 0.15) is 11.2 Å². The van der Waals surface area contributed by atoms with Crippen LogP contribution in [0.1, 0.15) is 25.0 Å². The van der Waals surface area contributed by atoms with Crippen LogP contribution in [-0.2, 0) is 5.41 Å². The molecule has 0 N–H and O–H groups in total. The van der Waals surface area contributed by atoms with E-state index in [0.29, 0.717) is 0 Å². The lowest BCUT2D eigenvalue weighted by Gasteiger charge is -2.23. The Hall–Kier alpha value is -6.96. The Morgan fingerprint density at radius 2 is 0.929 bits per heavy atom. The predicted octanol–water partition coefficient (Wildman–Crippen LogP) is 15.5. The van der Waals surface area contributed by atoms with Gasteiger partial charge in [0.2, 0.25) is 0 Å². The van der Waals surface area contributed by atoms with Crippen molar-refractivity contribution in [3.8, 4) is 44.5 Å². The molecule has 0 fully saturated rings. The van der Waals surface area contributed by atoms with Crippen LogP contribution in [0.4, 0.5) is 0 Å². The Labute approximate surface area is 325 Å². The van der Waals surface area contributed by atoms with Crippen molar-refractivity contribution in [2.24, 2.45) is 0 Å². The number of para-hydroxylation sites is 1. The summed E-state index contributed by atoms with van der Waals surface area (Å²) >= 11 is 0. The molecule has 0 aliphatic heterocycles. The summed E-state index contributed by atoms with van der Waals surface area (Å²) in [5, 5.41) is 12.3.